The lowest BCUT2D eigenvalue weighted by Gasteiger charge is -2.08. The Morgan fingerprint density at radius 2 is 2.47 bits per heavy atom. The molecule has 1 aromatic heterocycles. The van der Waals surface area contributed by atoms with E-state index >= 15 is 0 Å². The molecule has 0 spiro atoms. The van der Waals surface area contributed by atoms with Gasteiger partial charge in [0.2, 0.25) is 0 Å². The van der Waals surface area contributed by atoms with Crippen LogP contribution in [0.4, 0.5) is 0 Å². The SMILES string of the molecule is COCCn1ncc(Cl)c1CNC1CC1. The Kier molecular flexibility index (Phi) is 3.61. The van der Waals surface area contributed by atoms with E-state index in [1.807, 2.05) is 4.68 Å². The molecule has 1 saturated carbocycles. The summed E-state index contributed by atoms with van der Waals surface area (Å²) in [6.45, 7) is 2.21. The van der Waals surface area contributed by atoms with Crippen LogP contribution < -0.4 is 5.32 Å². The largest absolute Gasteiger partial charge is 0.383 e. The molecule has 0 radical (unpaired) electrons. The molecule has 0 saturated heterocycles. The van der Waals surface area contributed by atoms with Gasteiger partial charge in [-0.1, -0.05) is 11.6 Å². The lowest BCUT2D eigenvalue weighted by Crippen LogP contribution is -2.19. The van der Waals surface area contributed by atoms with Gasteiger partial charge in [0.15, 0.2) is 0 Å². The summed E-state index contributed by atoms with van der Waals surface area (Å²) in [5, 5.41) is 8.38. The van der Waals surface area contributed by atoms with Gasteiger partial charge in [-0.3, -0.25) is 4.68 Å². The molecule has 1 N–H and O–H groups in total. The summed E-state index contributed by atoms with van der Waals surface area (Å²) in [5.74, 6) is 0. The van der Waals surface area contributed by atoms with E-state index in [9.17, 15) is 0 Å². The number of methoxy groups -OCH3 is 1. The van der Waals surface area contributed by atoms with Crippen LogP contribution in [0.2, 0.25) is 5.02 Å². The van der Waals surface area contributed by atoms with Crippen molar-refractivity contribution in [3.8, 4) is 0 Å². The van der Waals surface area contributed by atoms with Gasteiger partial charge in [-0.2, -0.15) is 5.10 Å². The predicted octanol–water partition coefficient (Wildman–Crippen LogP) is 1.43. The topological polar surface area (TPSA) is 39.1 Å². The molecular weight excluding hydrogens is 214 g/mol. The summed E-state index contributed by atoms with van der Waals surface area (Å²) >= 11 is 6.06. The van der Waals surface area contributed by atoms with E-state index in [2.05, 4.69) is 10.4 Å². The third-order valence-electron chi connectivity index (χ3n) is 2.54. The van der Waals surface area contributed by atoms with Gasteiger partial charge >= 0.3 is 0 Å². The van der Waals surface area contributed by atoms with Crippen molar-refractivity contribution in [2.75, 3.05) is 13.7 Å². The van der Waals surface area contributed by atoms with Gasteiger partial charge in [-0.25, -0.2) is 0 Å². The lowest BCUT2D eigenvalue weighted by atomic mass is 10.4. The molecule has 1 fully saturated rings. The van der Waals surface area contributed by atoms with Crippen LogP contribution in [0.3, 0.4) is 0 Å². The summed E-state index contributed by atoms with van der Waals surface area (Å²) < 4.78 is 6.93. The van der Waals surface area contributed by atoms with Gasteiger partial charge in [0, 0.05) is 19.7 Å². The van der Waals surface area contributed by atoms with Crippen molar-refractivity contribution < 1.29 is 4.74 Å². The van der Waals surface area contributed by atoms with E-state index in [4.69, 9.17) is 16.3 Å². The highest BCUT2D eigenvalue weighted by Crippen LogP contribution is 2.21. The van der Waals surface area contributed by atoms with Crippen LogP contribution in [0.5, 0.6) is 0 Å². The molecule has 1 aliphatic rings. The van der Waals surface area contributed by atoms with Crippen LogP contribution in [0.25, 0.3) is 0 Å². The fraction of sp³-hybridized carbons (Fsp3) is 0.700. The van der Waals surface area contributed by atoms with E-state index in [1.54, 1.807) is 13.3 Å². The first kappa shape index (κ1) is 10.9. The minimum Gasteiger partial charge on any atom is -0.383 e. The zero-order valence-corrected chi connectivity index (χ0v) is 9.63. The Hall–Kier alpha value is -0.580. The first-order valence-corrected chi connectivity index (χ1v) is 5.61. The minimum absolute atomic E-state index is 0.661. The summed E-state index contributed by atoms with van der Waals surface area (Å²) in [4.78, 5) is 0. The summed E-state index contributed by atoms with van der Waals surface area (Å²) in [6, 6.07) is 0.687. The van der Waals surface area contributed by atoms with E-state index < -0.39 is 0 Å². The second-order valence-corrected chi connectivity index (χ2v) is 4.22. The number of rotatable bonds is 6. The van der Waals surface area contributed by atoms with Gasteiger partial charge < -0.3 is 10.1 Å². The van der Waals surface area contributed by atoms with Gasteiger partial charge in [0.05, 0.1) is 30.1 Å². The highest BCUT2D eigenvalue weighted by atomic mass is 35.5. The van der Waals surface area contributed by atoms with Crippen LogP contribution in [0.15, 0.2) is 6.20 Å². The van der Waals surface area contributed by atoms with Crippen LogP contribution in [0.1, 0.15) is 18.5 Å². The van der Waals surface area contributed by atoms with E-state index in [0.717, 1.165) is 23.8 Å². The zero-order valence-electron chi connectivity index (χ0n) is 8.87. The normalized spacial score (nSPS) is 15.9. The maximum absolute atomic E-state index is 6.06. The second-order valence-electron chi connectivity index (χ2n) is 3.81. The van der Waals surface area contributed by atoms with Crippen LogP contribution in [-0.4, -0.2) is 29.5 Å². The first-order valence-electron chi connectivity index (χ1n) is 5.23. The van der Waals surface area contributed by atoms with Crippen LogP contribution in [-0.2, 0) is 17.8 Å². The Bertz CT molecular complexity index is 322. The molecule has 0 unspecified atom stereocenters. The third-order valence-corrected chi connectivity index (χ3v) is 2.86. The molecule has 0 bridgehead atoms. The van der Waals surface area contributed by atoms with E-state index in [0.29, 0.717) is 12.6 Å². The quantitative estimate of drug-likeness (QED) is 0.802. The molecule has 0 amide bonds. The Balaban J connectivity index is 1.94. The summed E-state index contributed by atoms with van der Waals surface area (Å²) in [7, 11) is 1.69. The van der Waals surface area contributed by atoms with Crippen molar-refractivity contribution in [3.63, 3.8) is 0 Å². The number of aromatic nitrogens is 2. The lowest BCUT2D eigenvalue weighted by molar-refractivity contribution is 0.182. The fourth-order valence-electron chi connectivity index (χ4n) is 1.46. The maximum atomic E-state index is 6.06. The Labute approximate surface area is 94.6 Å². The summed E-state index contributed by atoms with van der Waals surface area (Å²) in [5.41, 5.74) is 1.06. The number of halogens is 1. The molecular formula is C10H16ClN3O. The number of hydrogen-bond donors (Lipinski definition) is 1. The minimum atomic E-state index is 0.661. The van der Waals surface area contributed by atoms with Crippen LogP contribution >= 0.6 is 11.6 Å². The van der Waals surface area contributed by atoms with Gasteiger partial charge in [0.25, 0.3) is 0 Å². The van der Waals surface area contributed by atoms with Gasteiger partial charge in [-0.15, -0.1) is 0 Å². The van der Waals surface area contributed by atoms with E-state index in [1.165, 1.54) is 12.8 Å². The molecule has 1 aliphatic carbocycles. The highest BCUT2D eigenvalue weighted by molar-refractivity contribution is 6.31. The molecule has 0 aromatic carbocycles. The van der Waals surface area contributed by atoms with Crippen molar-refractivity contribution in [1.82, 2.24) is 15.1 Å². The average Bonchev–Trinajstić information content (AvgIpc) is 2.99. The molecule has 84 valence electrons. The Morgan fingerprint density at radius 3 is 3.13 bits per heavy atom. The standard InChI is InChI=1S/C10H16ClN3O/c1-15-5-4-14-10(9(11)6-13-14)7-12-8-2-3-8/h6,8,12H,2-5,7H2,1H3. The summed E-state index contributed by atoms with van der Waals surface area (Å²) in [6.07, 6.45) is 4.26. The second kappa shape index (κ2) is 4.96. The molecule has 5 heteroatoms. The average molecular weight is 230 g/mol. The number of hydrogen-bond acceptors (Lipinski definition) is 3. The number of nitrogens with one attached hydrogen (secondary N) is 1. The zero-order chi connectivity index (χ0) is 10.7. The predicted molar refractivity (Wildman–Crippen MR) is 59.0 cm³/mol. The van der Waals surface area contributed by atoms with Crippen molar-refractivity contribution in [2.24, 2.45) is 0 Å². The Morgan fingerprint density at radius 1 is 1.67 bits per heavy atom. The van der Waals surface area contributed by atoms with Gasteiger partial charge in [-0.05, 0) is 12.8 Å². The number of nitrogens with zero attached hydrogens (tertiary/aromatic N) is 2. The maximum Gasteiger partial charge on any atom is 0.0831 e. The fourth-order valence-corrected chi connectivity index (χ4v) is 1.67. The molecule has 1 aromatic rings. The molecule has 2 rings (SSSR count). The molecule has 1 heterocycles. The monoisotopic (exact) mass is 229 g/mol. The molecule has 4 nitrogen and oxygen atoms in total. The smallest absolute Gasteiger partial charge is 0.0831 e. The van der Waals surface area contributed by atoms with Gasteiger partial charge in [0.1, 0.15) is 0 Å². The van der Waals surface area contributed by atoms with Crippen LogP contribution in [0, 0.1) is 0 Å². The highest BCUT2D eigenvalue weighted by Gasteiger charge is 2.21. The third kappa shape index (κ3) is 2.93. The molecule has 0 atom stereocenters. The number of ether oxygens (including phenoxy) is 1. The molecule has 15 heavy (non-hydrogen) atoms. The molecule has 0 aliphatic heterocycles. The van der Waals surface area contributed by atoms with Crippen molar-refractivity contribution in [2.45, 2.75) is 32.0 Å². The van der Waals surface area contributed by atoms with Crippen molar-refractivity contribution in [1.29, 1.82) is 0 Å². The van der Waals surface area contributed by atoms with E-state index in [-0.39, 0.29) is 0 Å². The van der Waals surface area contributed by atoms with Crippen molar-refractivity contribution >= 4 is 11.6 Å². The van der Waals surface area contributed by atoms with Crippen molar-refractivity contribution in [3.05, 3.63) is 16.9 Å². The first-order chi connectivity index (χ1) is 7.31.